The van der Waals surface area contributed by atoms with Crippen LogP contribution in [0.5, 0.6) is 0 Å². The van der Waals surface area contributed by atoms with Crippen LogP contribution in [0.15, 0.2) is 48.6 Å². The summed E-state index contributed by atoms with van der Waals surface area (Å²) in [7, 11) is 0. The van der Waals surface area contributed by atoms with Gasteiger partial charge in [0.1, 0.15) is 6.10 Å². The van der Waals surface area contributed by atoms with Crippen LogP contribution in [-0.2, 0) is 14.3 Å². The normalized spacial score (nSPS) is 12.7. The van der Waals surface area contributed by atoms with Gasteiger partial charge in [-0.05, 0) is 51.4 Å². The van der Waals surface area contributed by atoms with Crippen LogP contribution >= 0.6 is 0 Å². The van der Waals surface area contributed by atoms with Gasteiger partial charge in [0.2, 0.25) is 0 Å². The van der Waals surface area contributed by atoms with Crippen molar-refractivity contribution in [2.75, 3.05) is 19.8 Å². The number of hydrogen-bond acceptors (Lipinski definition) is 4. The molecule has 0 aliphatic heterocycles. The third-order valence-electron chi connectivity index (χ3n) is 11.2. The molecule has 0 fully saturated rings. The number of aliphatic hydroxyl groups is 1. The summed E-state index contributed by atoms with van der Waals surface area (Å²) in [6, 6.07) is 0. The third-order valence-corrected chi connectivity index (χ3v) is 11.2. The molecule has 0 radical (unpaired) electrons. The van der Waals surface area contributed by atoms with Crippen molar-refractivity contribution in [2.24, 2.45) is 0 Å². The van der Waals surface area contributed by atoms with Gasteiger partial charge in [-0.1, -0.05) is 249 Å². The molecule has 1 N–H and O–H groups in total. The molecule has 334 valence electrons. The Morgan fingerprint density at radius 2 is 0.789 bits per heavy atom. The summed E-state index contributed by atoms with van der Waals surface area (Å²) in [4.78, 5) is 12.3. The van der Waals surface area contributed by atoms with Gasteiger partial charge >= 0.3 is 5.97 Å². The molecule has 4 nitrogen and oxygen atoms in total. The Bertz CT molecular complexity index is 889. The molecular formula is C53H98O4. The topological polar surface area (TPSA) is 55.8 Å². The second-order valence-corrected chi connectivity index (χ2v) is 16.9. The summed E-state index contributed by atoms with van der Waals surface area (Å²) in [6.07, 6.45) is 66.3. The quantitative estimate of drug-likeness (QED) is 0.0378. The van der Waals surface area contributed by atoms with Gasteiger partial charge in [-0.2, -0.15) is 0 Å². The van der Waals surface area contributed by atoms with E-state index < -0.39 is 6.10 Å². The maximum Gasteiger partial charge on any atom is 0.306 e. The number of allylic oxidation sites excluding steroid dienone is 8. The van der Waals surface area contributed by atoms with E-state index in [4.69, 9.17) is 9.47 Å². The molecule has 0 aliphatic carbocycles. The maximum absolute atomic E-state index is 12.3. The van der Waals surface area contributed by atoms with E-state index in [1.165, 1.54) is 193 Å². The molecule has 0 bridgehead atoms. The second-order valence-electron chi connectivity index (χ2n) is 16.9. The first-order valence-electron chi connectivity index (χ1n) is 25.2. The van der Waals surface area contributed by atoms with E-state index in [9.17, 15) is 9.90 Å². The lowest BCUT2D eigenvalue weighted by atomic mass is 10.0. The predicted molar refractivity (Wildman–Crippen MR) is 251 cm³/mol. The highest BCUT2D eigenvalue weighted by atomic mass is 16.6. The molecular weight excluding hydrogens is 701 g/mol. The SMILES string of the molecule is CC/C=C\C/C=C\C/C=C\C/C=C\CCCCCCCCCCCCCCC(=O)OC(CO)COCCCCCCCCCCCCCCCCCCCCCC. The molecule has 1 unspecified atom stereocenters. The van der Waals surface area contributed by atoms with Crippen LogP contribution in [0.3, 0.4) is 0 Å². The van der Waals surface area contributed by atoms with Crippen LogP contribution < -0.4 is 0 Å². The zero-order chi connectivity index (χ0) is 41.2. The Hall–Kier alpha value is -1.65. The summed E-state index contributed by atoms with van der Waals surface area (Å²) in [5.74, 6) is -0.199. The Balaban J connectivity index is 3.39. The van der Waals surface area contributed by atoms with Gasteiger partial charge in [0.05, 0.1) is 13.2 Å². The van der Waals surface area contributed by atoms with Crippen molar-refractivity contribution in [2.45, 2.75) is 264 Å². The summed E-state index contributed by atoms with van der Waals surface area (Å²) >= 11 is 0. The molecule has 0 heterocycles. The fraction of sp³-hybridized carbons (Fsp3) is 0.830. The van der Waals surface area contributed by atoms with Crippen molar-refractivity contribution in [1.29, 1.82) is 0 Å². The Morgan fingerprint density at radius 1 is 0.439 bits per heavy atom. The number of aliphatic hydroxyl groups excluding tert-OH is 1. The lowest BCUT2D eigenvalue weighted by Gasteiger charge is -2.16. The van der Waals surface area contributed by atoms with Crippen molar-refractivity contribution >= 4 is 5.97 Å². The largest absolute Gasteiger partial charge is 0.457 e. The minimum absolute atomic E-state index is 0.170. The summed E-state index contributed by atoms with van der Waals surface area (Å²) < 4.78 is 11.2. The molecule has 0 aromatic heterocycles. The highest BCUT2D eigenvalue weighted by Crippen LogP contribution is 2.16. The standard InChI is InChI=1S/C53H98O4/c1-3-5-7-9-11-13-15-17-19-21-23-25-26-27-28-29-30-32-34-36-38-40-42-44-46-48-53(55)57-52(50-54)51-56-49-47-45-43-41-39-37-35-33-31-24-22-20-18-16-14-12-10-8-6-4-2/h5,7,11,13,17,19,23,25,52,54H,3-4,6,8-10,12,14-16,18,20-22,24,26-51H2,1-2H3/b7-5-,13-11-,19-17-,25-23-. The monoisotopic (exact) mass is 799 g/mol. The fourth-order valence-electron chi connectivity index (χ4n) is 7.44. The number of esters is 1. The Morgan fingerprint density at radius 3 is 1.19 bits per heavy atom. The number of rotatable bonds is 47. The smallest absolute Gasteiger partial charge is 0.306 e. The average molecular weight is 799 g/mol. The first kappa shape index (κ1) is 55.4. The summed E-state index contributed by atoms with van der Waals surface area (Å²) in [5, 5.41) is 9.65. The van der Waals surface area contributed by atoms with E-state index in [0.29, 0.717) is 19.6 Å². The molecule has 0 saturated carbocycles. The molecule has 0 amide bonds. The molecule has 0 saturated heterocycles. The van der Waals surface area contributed by atoms with Gasteiger partial charge in [0.25, 0.3) is 0 Å². The lowest BCUT2D eigenvalue weighted by molar-refractivity contribution is -0.154. The van der Waals surface area contributed by atoms with Gasteiger partial charge in [0.15, 0.2) is 0 Å². The average Bonchev–Trinajstić information content (AvgIpc) is 3.22. The molecule has 4 heteroatoms. The van der Waals surface area contributed by atoms with E-state index >= 15 is 0 Å². The maximum atomic E-state index is 12.3. The van der Waals surface area contributed by atoms with Gasteiger partial charge in [0, 0.05) is 13.0 Å². The molecule has 0 rings (SSSR count). The van der Waals surface area contributed by atoms with Crippen LogP contribution in [0.1, 0.15) is 258 Å². The zero-order valence-corrected chi connectivity index (χ0v) is 38.4. The van der Waals surface area contributed by atoms with Crippen LogP contribution in [0.25, 0.3) is 0 Å². The third kappa shape index (κ3) is 48.6. The molecule has 0 aliphatic rings. The fourth-order valence-corrected chi connectivity index (χ4v) is 7.44. The van der Waals surface area contributed by atoms with Crippen molar-refractivity contribution in [3.63, 3.8) is 0 Å². The summed E-state index contributed by atoms with van der Waals surface area (Å²) in [6.45, 7) is 5.27. The Kier molecular flexibility index (Phi) is 49.0. The minimum Gasteiger partial charge on any atom is -0.457 e. The van der Waals surface area contributed by atoms with Crippen molar-refractivity contribution in [1.82, 2.24) is 0 Å². The van der Waals surface area contributed by atoms with Crippen molar-refractivity contribution in [3.05, 3.63) is 48.6 Å². The van der Waals surface area contributed by atoms with Crippen LogP contribution in [0.2, 0.25) is 0 Å². The highest BCUT2D eigenvalue weighted by Gasteiger charge is 2.13. The summed E-state index contributed by atoms with van der Waals surface area (Å²) in [5.41, 5.74) is 0. The second kappa shape index (κ2) is 50.5. The van der Waals surface area contributed by atoms with Crippen molar-refractivity contribution < 1.29 is 19.4 Å². The van der Waals surface area contributed by atoms with E-state index in [-0.39, 0.29) is 12.6 Å². The molecule has 0 aromatic rings. The van der Waals surface area contributed by atoms with Crippen LogP contribution in [0.4, 0.5) is 0 Å². The number of carbonyl (C=O) groups excluding carboxylic acids is 1. The van der Waals surface area contributed by atoms with E-state index in [1.807, 2.05) is 0 Å². The number of unbranched alkanes of at least 4 members (excludes halogenated alkanes) is 31. The molecule has 0 spiro atoms. The molecule has 57 heavy (non-hydrogen) atoms. The Labute approximate surface area is 356 Å². The first-order valence-corrected chi connectivity index (χ1v) is 25.2. The van der Waals surface area contributed by atoms with Gasteiger partial charge in [-0.15, -0.1) is 0 Å². The molecule has 0 aromatic carbocycles. The predicted octanol–water partition coefficient (Wildman–Crippen LogP) is 17.0. The van der Waals surface area contributed by atoms with Crippen LogP contribution in [0, 0.1) is 0 Å². The van der Waals surface area contributed by atoms with Gasteiger partial charge in [-0.25, -0.2) is 0 Å². The van der Waals surface area contributed by atoms with E-state index in [2.05, 4.69) is 62.5 Å². The number of ether oxygens (including phenoxy) is 2. The van der Waals surface area contributed by atoms with Gasteiger partial charge < -0.3 is 14.6 Å². The molecule has 1 atom stereocenters. The van der Waals surface area contributed by atoms with Gasteiger partial charge in [-0.3, -0.25) is 4.79 Å². The lowest BCUT2D eigenvalue weighted by Crippen LogP contribution is -2.27. The number of hydrogen-bond donors (Lipinski definition) is 1. The number of carbonyl (C=O) groups is 1. The first-order chi connectivity index (χ1) is 28.2. The minimum atomic E-state index is -0.534. The highest BCUT2D eigenvalue weighted by molar-refractivity contribution is 5.69. The zero-order valence-electron chi connectivity index (χ0n) is 38.4. The van der Waals surface area contributed by atoms with E-state index in [1.54, 1.807) is 0 Å². The van der Waals surface area contributed by atoms with E-state index in [0.717, 1.165) is 44.9 Å². The van der Waals surface area contributed by atoms with Crippen LogP contribution in [-0.4, -0.2) is 37.0 Å². The van der Waals surface area contributed by atoms with Crippen molar-refractivity contribution in [3.8, 4) is 0 Å².